The molecule has 0 aromatic carbocycles. The molecule has 0 fully saturated rings. The Bertz CT molecular complexity index is 1310. The van der Waals surface area contributed by atoms with Crippen LogP contribution < -0.4 is 0 Å². The molecule has 0 unspecified atom stereocenters. The fourth-order valence-corrected chi connectivity index (χ4v) is 4.32. The van der Waals surface area contributed by atoms with Gasteiger partial charge in [-0.15, -0.1) is 11.8 Å². The Morgan fingerprint density at radius 1 is 1.03 bits per heavy atom. The van der Waals surface area contributed by atoms with Crippen LogP contribution in [0, 0.1) is 0 Å². The van der Waals surface area contributed by atoms with Crippen molar-refractivity contribution in [2.75, 3.05) is 5.75 Å². The monoisotopic (exact) mass is 504 g/mol. The molecule has 0 radical (unpaired) electrons. The van der Waals surface area contributed by atoms with E-state index in [1.54, 1.807) is 17.7 Å². The van der Waals surface area contributed by atoms with Gasteiger partial charge in [-0.2, -0.15) is 31.4 Å². The summed E-state index contributed by atoms with van der Waals surface area (Å²) < 4.78 is 79.6. The van der Waals surface area contributed by atoms with Crippen LogP contribution >= 0.6 is 23.5 Å². The zero-order valence-corrected chi connectivity index (χ0v) is 18.6. The van der Waals surface area contributed by atoms with Gasteiger partial charge in [0.2, 0.25) is 0 Å². The summed E-state index contributed by atoms with van der Waals surface area (Å²) in [5, 5.41) is 3.30. The molecule has 4 rings (SSSR count). The van der Waals surface area contributed by atoms with E-state index in [1.807, 2.05) is 6.92 Å². The van der Waals surface area contributed by atoms with Crippen molar-refractivity contribution in [3.8, 4) is 17.3 Å². The molecule has 0 saturated heterocycles. The smallest absolute Gasteiger partial charge is 0.324 e. The summed E-state index contributed by atoms with van der Waals surface area (Å²) in [4.78, 5) is 13.5. The van der Waals surface area contributed by atoms with E-state index in [-0.39, 0.29) is 28.1 Å². The van der Waals surface area contributed by atoms with Gasteiger partial charge in [-0.1, -0.05) is 6.92 Å². The Morgan fingerprint density at radius 2 is 1.79 bits per heavy atom. The van der Waals surface area contributed by atoms with Crippen LogP contribution in [0.15, 0.2) is 46.6 Å². The maximum atomic E-state index is 12.9. The lowest BCUT2D eigenvalue weighted by atomic mass is 10.3. The first-order valence-electron chi connectivity index (χ1n) is 9.32. The van der Waals surface area contributed by atoms with Gasteiger partial charge in [-0.25, -0.2) is 19.6 Å². The molecule has 0 saturated carbocycles. The summed E-state index contributed by atoms with van der Waals surface area (Å²) in [6.45, 7) is 1.92. The molecule has 4 heterocycles. The normalized spacial score (nSPS) is 12.6. The molecule has 6 nitrogen and oxygen atoms in total. The summed E-state index contributed by atoms with van der Waals surface area (Å²) in [5.74, 6) is 1.16. The molecule has 4 aromatic heterocycles. The number of alkyl halides is 6. The second-order valence-corrected chi connectivity index (χ2v) is 9.04. The SMILES string of the molecule is CCSc1ccc(-n2ccc(C(F)(F)F)n2)nc1-c1nc2cc(SC(F)(F)F)ncc2n1C. The topological polar surface area (TPSA) is 61.4 Å². The third kappa shape index (κ3) is 4.95. The van der Waals surface area contributed by atoms with Gasteiger partial charge >= 0.3 is 11.7 Å². The number of hydrogen-bond donors (Lipinski definition) is 0. The molecular formula is C19H14F6N6S2. The van der Waals surface area contributed by atoms with Crippen molar-refractivity contribution in [2.45, 2.75) is 28.5 Å². The number of halogens is 6. The number of aryl methyl sites for hydroxylation is 1. The highest BCUT2D eigenvalue weighted by atomic mass is 32.2. The van der Waals surface area contributed by atoms with E-state index in [0.717, 1.165) is 16.9 Å². The Balaban J connectivity index is 1.82. The second-order valence-electron chi connectivity index (χ2n) is 6.65. The van der Waals surface area contributed by atoms with E-state index in [0.29, 0.717) is 27.7 Å². The largest absolute Gasteiger partial charge is 0.447 e. The van der Waals surface area contributed by atoms with Gasteiger partial charge in [0, 0.05) is 29.9 Å². The first kappa shape index (κ1) is 23.4. The minimum Gasteiger partial charge on any atom is -0.324 e. The van der Waals surface area contributed by atoms with E-state index in [2.05, 4.69) is 20.1 Å². The van der Waals surface area contributed by atoms with Crippen LogP contribution in [0.4, 0.5) is 26.3 Å². The van der Waals surface area contributed by atoms with Crippen molar-refractivity contribution in [3.63, 3.8) is 0 Å². The van der Waals surface area contributed by atoms with Gasteiger partial charge < -0.3 is 4.57 Å². The number of rotatable bonds is 5. The van der Waals surface area contributed by atoms with Gasteiger partial charge in [-0.05, 0) is 30.0 Å². The average Bonchev–Trinajstić information content (AvgIpc) is 3.33. The first-order valence-corrected chi connectivity index (χ1v) is 11.1. The summed E-state index contributed by atoms with van der Waals surface area (Å²) in [6, 6.07) is 5.31. The van der Waals surface area contributed by atoms with E-state index in [9.17, 15) is 26.3 Å². The van der Waals surface area contributed by atoms with Crippen LogP contribution in [0.5, 0.6) is 0 Å². The van der Waals surface area contributed by atoms with Crippen molar-refractivity contribution in [3.05, 3.63) is 42.4 Å². The van der Waals surface area contributed by atoms with Crippen LogP contribution in [-0.4, -0.2) is 40.6 Å². The lowest BCUT2D eigenvalue weighted by Crippen LogP contribution is -2.08. The minimum absolute atomic E-state index is 0.138. The molecule has 14 heteroatoms. The van der Waals surface area contributed by atoms with Gasteiger partial charge in [0.1, 0.15) is 10.7 Å². The van der Waals surface area contributed by atoms with Gasteiger partial charge in [-0.3, -0.25) is 0 Å². The molecule has 0 aliphatic carbocycles. The number of thioether (sulfide) groups is 2. The standard InChI is InChI=1S/C19H14F6N6S2/c1-3-32-12-4-5-14(31-7-6-13(29-31)18(20,21)22)28-16(12)17-27-10-8-15(33-19(23,24)25)26-9-11(10)30(17)2/h4-9H,3H2,1-2H3. The lowest BCUT2D eigenvalue weighted by molar-refractivity contribution is -0.141. The van der Waals surface area contributed by atoms with Crippen molar-refractivity contribution in [1.82, 2.24) is 29.3 Å². The van der Waals surface area contributed by atoms with E-state index >= 15 is 0 Å². The number of nitrogens with zero attached hydrogens (tertiary/aromatic N) is 6. The van der Waals surface area contributed by atoms with Crippen LogP contribution in [0.3, 0.4) is 0 Å². The van der Waals surface area contributed by atoms with Crippen molar-refractivity contribution < 1.29 is 26.3 Å². The fraction of sp³-hybridized carbons (Fsp3) is 0.263. The predicted octanol–water partition coefficient (Wildman–Crippen LogP) is 5.96. The Labute approximate surface area is 191 Å². The summed E-state index contributed by atoms with van der Waals surface area (Å²) >= 11 is 1.10. The molecule has 0 aliphatic heterocycles. The first-order chi connectivity index (χ1) is 15.5. The molecule has 0 atom stereocenters. The fourth-order valence-electron chi connectivity index (χ4n) is 3.05. The van der Waals surface area contributed by atoms with Crippen LogP contribution in [-0.2, 0) is 13.2 Å². The Hall–Kier alpha value is -2.74. The molecule has 0 spiro atoms. The number of pyridine rings is 2. The van der Waals surface area contributed by atoms with Crippen molar-refractivity contribution in [2.24, 2.45) is 7.05 Å². The van der Waals surface area contributed by atoms with Crippen molar-refractivity contribution >= 4 is 34.6 Å². The van der Waals surface area contributed by atoms with E-state index in [4.69, 9.17) is 0 Å². The van der Waals surface area contributed by atoms with Gasteiger partial charge in [0.15, 0.2) is 17.3 Å². The molecule has 0 bridgehead atoms. The summed E-state index contributed by atoms with van der Waals surface area (Å²) in [7, 11) is 1.66. The molecule has 4 aromatic rings. The molecule has 0 amide bonds. The third-order valence-electron chi connectivity index (χ3n) is 4.43. The molecule has 0 N–H and O–H groups in total. The highest BCUT2D eigenvalue weighted by molar-refractivity contribution is 8.00. The van der Waals surface area contributed by atoms with E-state index < -0.39 is 17.4 Å². The predicted molar refractivity (Wildman–Crippen MR) is 112 cm³/mol. The zero-order valence-electron chi connectivity index (χ0n) is 16.9. The zero-order chi connectivity index (χ0) is 24.0. The third-order valence-corrected chi connectivity index (χ3v) is 6.02. The van der Waals surface area contributed by atoms with Gasteiger partial charge in [0.25, 0.3) is 0 Å². The number of imidazole rings is 1. The van der Waals surface area contributed by atoms with Crippen molar-refractivity contribution in [1.29, 1.82) is 0 Å². The second kappa shape index (κ2) is 8.56. The maximum Gasteiger partial charge on any atom is 0.447 e. The van der Waals surface area contributed by atoms with Crippen LogP contribution in [0.1, 0.15) is 12.6 Å². The average molecular weight is 504 g/mol. The van der Waals surface area contributed by atoms with E-state index in [1.165, 1.54) is 30.1 Å². The Kier molecular flexibility index (Phi) is 6.07. The molecule has 33 heavy (non-hydrogen) atoms. The number of fused-ring (bicyclic) bond motifs is 1. The minimum atomic E-state index is -4.59. The highest BCUT2D eigenvalue weighted by Crippen LogP contribution is 2.37. The van der Waals surface area contributed by atoms with Crippen LogP contribution in [0.2, 0.25) is 0 Å². The molecule has 0 aliphatic rings. The maximum absolute atomic E-state index is 12.9. The lowest BCUT2D eigenvalue weighted by Gasteiger charge is -2.10. The number of hydrogen-bond acceptors (Lipinski definition) is 6. The summed E-state index contributed by atoms with van der Waals surface area (Å²) in [6.07, 6.45) is -2.15. The number of aromatic nitrogens is 6. The highest BCUT2D eigenvalue weighted by Gasteiger charge is 2.34. The summed E-state index contributed by atoms with van der Waals surface area (Å²) in [5.41, 5.74) is -4.41. The van der Waals surface area contributed by atoms with Gasteiger partial charge in [0.05, 0.1) is 17.2 Å². The Morgan fingerprint density at radius 3 is 2.42 bits per heavy atom. The quantitative estimate of drug-likeness (QED) is 0.247. The molecule has 174 valence electrons. The van der Waals surface area contributed by atoms with Crippen LogP contribution in [0.25, 0.3) is 28.4 Å². The molecular weight excluding hydrogens is 490 g/mol.